The van der Waals surface area contributed by atoms with Gasteiger partial charge in [-0.3, -0.25) is 0 Å². The van der Waals surface area contributed by atoms with Crippen molar-refractivity contribution in [2.45, 2.75) is 57.5 Å². The zero-order valence-corrected chi connectivity index (χ0v) is 12.5. The molecule has 0 bridgehead atoms. The van der Waals surface area contributed by atoms with Crippen LogP contribution in [-0.2, 0) is 23.2 Å². The molecule has 1 heterocycles. The van der Waals surface area contributed by atoms with Crippen molar-refractivity contribution in [3.8, 4) is 0 Å². The molecule has 1 aliphatic heterocycles. The Bertz CT molecular complexity index is 458. The minimum atomic E-state index is -0.700. The van der Waals surface area contributed by atoms with Gasteiger partial charge in [0.1, 0.15) is 0 Å². The third-order valence-corrected chi connectivity index (χ3v) is 5.00. The maximum Gasteiger partial charge on any atom is 0.0871 e. The van der Waals surface area contributed by atoms with E-state index < -0.39 is 5.60 Å². The smallest absolute Gasteiger partial charge is 0.0871 e. The summed E-state index contributed by atoms with van der Waals surface area (Å²) >= 11 is 0. The van der Waals surface area contributed by atoms with Gasteiger partial charge in [0.05, 0.1) is 5.60 Å². The van der Waals surface area contributed by atoms with Crippen molar-refractivity contribution in [2.75, 3.05) is 13.2 Å². The first-order valence-corrected chi connectivity index (χ1v) is 8.07. The summed E-state index contributed by atoms with van der Waals surface area (Å²) in [5.41, 5.74) is 3.35. The van der Waals surface area contributed by atoms with Crippen molar-refractivity contribution in [1.29, 1.82) is 0 Å². The van der Waals surface area contributed by atoms with Gasteiger partial charge in [-0.1, -0.05) is 18.2 Å². The lowest BCUT2D eigenvalue weighted by atomic mass is 9.80. The fraction of sp³-hybridized carbons (Fsp3) is 0.667. The number of benzene rings is 1. The minimum Gasteiger partial charge on any atom is -0.385 e. The molecule has 1 saturated heterocycles. The summed E-state index contributed by atoms with van der Waals surface area (Å²) in [5.74, 6) is 0.592. The van der Waals surface area contributed by atoms with E-state index in [2.05, 4.69) is 18.2 Å². The van der Waals surface area contributed by atoms with Crippen molar-refractivity contribution in [3.63, 3.8) is 0 Å². The highest BCUT2D eigenvalue weighted by atomic mass is 16.5. The van der Waals surface area contributed by atoms with Gasteiger partial charge in [0.2, 0.25) is 0 Å². The molecule has 2 nitrogen and oxygen atoms in total. The molecule has 1 aliphatic carbocycles. The summed E-state index contributed by atoms with van der Waals surface area (Å²) in [6, 6.07) is 6.64. The van der Waals surface area contributed by atoms with E-state index in [-0.39, 0.29) is 0 Å². The van der Waals surface area contributed by atoms with Crippen LogP contribution in [0.3, 0.4) is 0 Å². The van der Waals surface area contributed by atoms with E-state index >= 15 is 0 Å². The van der Waals surface area contributed by atoms with Crippen molar-refractivity contribution in [1.82, 2.24) is 0 Å². The van der Waals surface area contributed by atoms with Gasteiger partial charge in [-0.05, 0) is 74.5 Å². The normalized spacial score (nSPS) is 23.1. The van der Waals surface area contributed by atoms with E-state index in [1.54, 1.807) is 0 Å². The zero-order valence-electron chi connectivity index (χ0n) is 12.5. The van der Waals surface area contributed by atoms with Crippen LogP contribution >= 0.6 is 0 Å². The van der Waals surface area contributed by atoms with Gasteiger partial charge in [-0.2, -0.15) is 0 Å². The van der Waals surface area contributed by atoms with Crippen LogP contribution in [0.1, 0.15) is 55.7 Å². The molecule has 0 amide bonds. The van der Waals surface area contributed by atoms with E-state index in [1.165, 1.54) is 36.8 Å². The number of rotatable bonds is 3. The fourth-order valence-electron chi connectivity index (χ4n) is 3.70. The lowest BCUT2D eigenvalue weighted by Crippen LogP contribution is -2.28. The quantitative estimate of drug-likeness (QED) is 0.912. The molecule has 2 aliphatic rings. The Hall–Kier alpha value is -0.860. The summed E-state index contributed by atoms with van der Waals surface area (Å²) in [4.78, 5) is 0. The SMILES string of the molecule is CC(O)(CC1CCOCC1)c1ccc2c(c1)CCCC2. The van der Waals surface area contributed by atoms with Crippen molar-refractivity contribution < 1.29 is 9.84 Å². The molecule has 1 atom stereocenters. The Kier molecular flexibility index (Phi) is 4.13. The third kappa shape index (κ3) is 3.07. The summed E-state index contributed by atoms with van der Waals surface area (Å²) < 4.78 is 5.41. The summed E-state index contributed by atoms with van der Waals surface area (Å²) in [6.07, 6.45) is 8.01. The second-order valence-corrected chi connectivity index (χ2v) is 6.72. The van der Waals surface area contributed by atoms with Crippen molar-refractivity contribution in [2.24, 2.45) is 5.92 Å². The molecule has 0 radical (unpaired) electrons. The first-order valence-electron chi connectivity index (χ1n) is 8.07. The number of fused-ring (bicyclic) bond motifs is 1. The first kappa shape index (κ1) is 14.1. The number of hydrogen-bond donors (Lipinski definition) is 1. The monoisotopic (exact) mass is 274 g/mol. The fourth-order valence-corrected chi connectivity index (χ4v) is 3.70. The molecule has 2 heteroatoms. The molecular weight excluding hydrogens is 248 g/mol. The Balaban J connectivity index is 1.75. The zero-order chi connectivity index (χ0) is 14.0. The van der Waals surface area contributed by atoms with Gasteiger partial charge >= 0.3 is 0 Å². The molecule has 1 aromatic carbocycles. The second kappa shape index (κ2) is 5.87. The van der Waals surface area contributed by atoms with E-state index in [0.717, 1.165) is 38.0 Å². The van der Waals surface area contributed by atoms with Crippen LogP contribution < -0.4 is 0 Å². The number of hydrogen-bond acceptors (Lipinski definition) is 2. The minimum absolute atomic E-state index is 0.592. The molecule has 0 aromatic heterocycles. The summed E-state index contributed by atoms with van der Waals surface area (Å²) in [6.45, 7) is 3.68. The molecule has 20 heavy (non-hydrogen) atoms. The highest BCUT2D eigenvalue weighted by molar-refractivity contribution is 5.36. The Morgan fingerprint density at radius 1 is 1.15 bits per heavy atom. The predicted molar refractivity (Wildman–Crippen MR) is 80.8 cm³/mol. The lowest BCUT2D eigenvalue weighted by molar-refractivity contribution is -0.00310. The molecule has 0 spiro atoms. The highest BCUT2D eigenvalue weighted by Gasteiger charge is 2.29. The maximum atomic E-state index is 10.9. The average molecular weight is 274 g/mol. The number of aryl methyl sites for hydroxylation is 2. The second-order valence-electron chi connectivity index (χ2n) is 6.72. The van der Waals surface area contributed by atoms with E-state index in [1.807, 2.05) is 6.92 Å². The van der Waals surface area contributed by atoms with Gasteiger partial charge in [-0.25, -0.2) is 0 Å². The standard InChI is InChI=1S/C18H26O2/c1-18(19,13-14-8-10-20-11-9-14)17-7-6-15-4-2-3-5-16(15)12-17/h6-7,12,14,19H,2-5,8-11,13H2,1H3. The van der Waals surface area contributed by atoms with Crippen LogP contribution in [0.2, 0.25) is 0 Å². The summed E-state index contributed by atoms with van der Waals surface area (Å²) in [7, 11) is 0. The molecule has 1 aromatic rings. The topological polar surface area (TPSA) is 29.5 Å². The molecule has 3 rings (SSSR count). The van der Waals surface area contributed by atoms with E-state index in [9.17, 15) is 5.11 Å². The van der Waals surface area contributed by atoms with Gasteiger partial charge in [-0.15, -0.1) is 0 Å². The van der Waals surface area contributed by atoms with Gasteiger partial charge in [0.25, 0.3) is 0 Å². The Morgan fingerprint density at radius 3 is 2.60 bits per heavy atom. The molecule has 1 unspecified atom stereocenters. The summed E-state index contributed by atoms with van der Waals surface area (Å²) in [5, 5.41) is 10.9. The van der Waals surface area contributed by atoms with Gasteiger partial charge in [0, 0.05) is 13.2 Å². The number of ether oxygens (including phenoxy) is 1. The maximum absolute atomic E-state index is 10.9. The van der Waals surface area contributed by atoms with E-state index in [4.69, 9.17) is 4.74 Å². The molecule has 0 saturated carbocycles. The van der Waals surface area contributed by atoms with E-state index in [0.29, 0.717) is 5.92 Å². The number of aliphatic hydroxyl groups is 1. The van der Waals surface area contributed by atoms with Gasteiger partial charge in [0.15, 0.2) is 0 Å². The van der Waals surface area contributed by atoms with Crippen LogP contribution in [0.4, 0.5) is 0 Å². The molecule has 1 N–H and O–H groups in total. The lowest BCUT2D eigenvalue weighted by Gasteiger charge is -2.32. The van der Waals surface area contributed by atoms with Crippen LogP contribution in [0.15, 0.2) is 18.2 Å². The Morgan fingerprint density at radius 2 is 1.85 bits per heavy atom. The highest BCUT2D eigenvalue weighted by Crippen LogP contribution is 2.34. The van der Waals surface area contributed by atoms with Crippen LogP contribution in [-0.4, -0.2) is 18.3 Å². The van der Waals surface area contributed by atoms with Crippen molar-refractivity contribution in [3.05, 3.63) is 34.9 Å². The predicted octanol–water partition coefficient (Wildman–Crippen LogP) is 3.59. The van der Waals surface area contributed by atoms with Crippen LogP contribution in [0.5, 0.6) is 0 Å². The third-order valence-electron chi connectivity index (χ3n) is 5.00. The molecular formula is C18H26O2. The van der Waals surface area contributed by atoms with Gasteiger partial charge < -0.3 is 9.84 Å². The van der Waals surface area contributed by atoms with Crippen LogP contribution in [0.25, 0.3) is 0 Å². The first-order chi connectivity index (χ1) is 9.65. The largest absolute Gasteiger partial charge is 0.385 e. The molecule has 1 fully saturated rings. The van der Waals surface area contributed by atoms with Crippen molar-refractivity contribution >= 4 is 0 Å². The van der Waals surface area contributed by atoms with Crippen LogP contribution in [0, 0.1) is 5.92 Å². The Labute approximate surface area is 122 Å². The molecule has 110 valence electrons. The average Bonchev–Trinajstić information content (AvgIpc) is 2.47.